The summed E-state index contributed by atoms with van der Waals surface area (Å²) in [5, 5.41) is 13.6. The summed E-state index contributed by atoms with van der Waals surface area (Å²) in [5.74, 6) is 2.19. The first-order valence-corrected chi connectivity index (χ1v) is 7.80. The molecule has 2 aliphatic rings. The number of phenols is 1. The predicted octanol–water partition coefficient (Wildman–Crippen LogP) is 3.80. The van der Waals surface area contributed by atoms with Crippen molar-refractivity contribution in [3.8, 4) is 5.75 Å². The van der Waals surface area contributed by atoms with Gasteiger partial charge < -0.3 is 10.4 Å². The molecule has 1 saturated carbocycles. The van der Waals surface area contributed by atoms with E-state index in [2.05, 4.69) is 18.3 Å². The summed E-state index contributed by atoms with van der Waals surface area (Å²) in [4.78, 5) is 0. The third kappa shape index (κ3) is 2.64. The summed E-state index contributed by atoms with van der Waals surface area (Å²) in [6, 6.07) is 6.41. The Labute approximate surface area is 116 Å². The molecule has 3 rings (SSSR count). The Bertz CT molecular complexity index is 443. The van der Waals surface area contributed by atoms with Crippen LogP contribution in [0.25, 0.3) is 0 Å². The van der Waals surface area contributed by atoms with Gasteiger partial charge in [0.2, 0.25) is 0 Å². The SMILES string of the molecule is CC1CCCCC1CNC1CCc2c(O)cccc21. The van der Waals surface area contributed by atoms with Crippen LogP contribution in [0.3, 0.4) is 0 Å². The summed E-state index contributed by atoms with van der Waals surface area (Å²) >= 11 is 0. The van der Waals surface area contributed by atoms with Crippen molar-refractivity contribution in [1.29, 1.82) is 0 Å². The summed E-state index contributed by atoms with van der Waals surface area (Å²) in [6.45, 7) is 3.54. The van der Waals surface area contributed by atoms with Gasteiger partial charge in [-0.3, -0.25) is 0 Å². The molecule has 3 atom stereocenters. The third-order valence-corrected chi connectivity index (χ3v) is 5.16. The minimum atomic E-state index is 0.455. The van der Waals surface area contributed by atoms with Crippen LogP contribution in [0.4, 0.5) is 0 Å². The maximum absolute atomic E-state index is 9.88. The lowest BCUT2D eigenvalue weighted by atomic mass is 9.80. The van der Waals surface area contributed by atoms with Gasteiger partial charge in [0, 0.05) is 6.04 Å². The van der Waals surface area contributed by atoms with E-state index in [9.17, 15) is 5.11 Å². The normalized spacial score (nSPS) is 30.3. The number of hydrogen-bond acceptors (Lipinski definition) is 2. The number of hydrogen-bond donors (Lipinski definition) is 2. The summed E-state index contributed by atoms with van der Waals surface area (Å²) < 4.78 is 0. The molecule has 0 spiro atoms. The van der Waals surface area contributed by atoms with Crippen molar-refractivity contribution in [3.05, 3.63) is 29.3 Å². The standard InChI is InChI=1S/C17H25NO/c1-12-5-2-3-6-13(12)11-18-16-10-9-15-14(16)7-4-8-17(15)19/h4,7-8,12-13,16,18-19H,2-3,5-6,9-11H2,1H3. The molecule has 2 aliphatic carbocycles. The van der Waals surface area contributed by atoms with Gasteiger partial charge in [-0.25, -0.2) is 0 Å². The lowest BCUT2D eigenvalue weighted by molar-refractivity contribution is 0.240. The summed E-state index contributed by atoms with van der Waals surface area (Å²) in [5.41, 5.74) is 2.49. The molecule has 1 aromatic rings. The first-order chi connectivity index (χ1) is 9.25. The lowest BCUT2D eigenvalue weighted by Gasteiger charge is -2.30. The van der Waals surface area contributed by atoms with Gasteiger partial charge in [-0.05, 0) is 54.8 Å². The quantitative estimate of drug-likeness (QED) is 0.865. The smallest absolute Gasteiger partial charge is 0.119 e. The van der Waals surface area contributed by atoms with Crippen LogP contribution in [0.1, 0.15) is 56.2 Å². The van der Waals surface area contributed by atoms with Crippen LogP contribution in [-0.4, -0.2) is 11.7 Å². The van der Waals surface area contributed by atoms with E-state index < -0.39 is 0 Å². The number of rotatable bonds is 3. The van der Waals surface area contributed by atoms with E-state index in [0.29, 0.717) is 11.8 Å². The van der Waals surface area contributed by atoms with Gasteiger partial charge in [0.05, 0.1) is 0 Å². The number of aromatic hydroxyl groups is 1. The van der Waals surface area contributed by atoms with Crippen molar-refractivity contribution in [2.24, 2.45) is 11.8 Å². The van der Waals surface area contributed by atoms with Crippen molar-refractivity contribution in [2.45, 2.75) is 51.5 Å². The van der Waals surface area contributed by atoms with E-state index in [1.165, 1.54) is 31.2 Å². The van der Waals surface area contributed by atoms with Crippen molar-refractivity contribution < 1.29 is 5.11 Å². The highest BCUT2D eigenvalue weighted by Gasteiger charge is 2.26. The number of phenolic OH excluding ortho intramolecular Hbond substituents is 1. The fourth-order valence-electron chi connectivity index (χ4n) is 3.84. The molecule has 3 unspecified atom stereocenters. The fourth-order valence-corrected chi connectivity index (χ4v) is 3.84. The van der Waals surface area contributed by atoms with E-state index in [0.717, 1.165) is 36.8 Å². The highest BCUT2D eigenvalue weighted by Crippen LogP contribution is 2.37. The first kappa shape index (κ1) is 13.0. The monoisotopic (exact) mass is 259 g/mol. The van der Waals surface area contributed by atoms with Gasteiger partial charge in [-0.1, -0.05) is 38.3 Å². The number of nitrogens with one attached hydrogen (secondary N) is 1. The molecule has 0 heterocycles. The van der Waals surface area contributed by atoms with Gasteiger partial charge in [-0.2, -0.15) is 0 Å². The molecule has 1 aromatic carbocycles. The second kappa shape index (κ2) is 5.54. The molecule has 2 N–H and O–H groups in total. The Morgan fingerprint density at radius 1 is 1.21 bits per heavy atom. The highest BCUT2D eigenvalue weighted by molar-refractivity contribution is 5.44. The summed E-state index contributed by atoms with van der Waals surface area (Å²) in [7, 11) is 0. The molecule has 0 amide bonds. The zero-order valence-corrected chi connectivity index (χ0v) is 11.9. The van der Waals surface area contributed by atoms with Crippen molar-refractivity contribution in [2.75, 3.05) is 6.54 Å². The maximum Gasteiger partial charge on any atom is 0.119 e. The largest absolute Gasteiger partial charge is 0.508 e. The maximum atomic E-state index is 9.88. The van der Waals surface area contributed by atoms with Crippen LogP contribution in [0.15, 0.2) is 18.2 Å². The molecule has 2 nitrogen and oxygen atoms in total. The fraction of sp³-hybridized carbons (Fsp3) is 0.647. The van der Waals surface area contributed by atoms with Crippen molar-refractivity contribution >= 4 is 0 Å². The van der Waals surface area contributed by atoms with Crippen molar-refractivity contribution in [1.82, 2.24) is 5.32 Å². The molecule has 0 aromatic heterocycles. The van der Waals surface area contributed by atoms with Crippen LogP contribution in [-0.2, 0) is 6.42 Å². The average molecular weight is 259 g/mol. The summed E-state index contributed by atoms with van der Waals surface area (Å²) in [6.07, 6.45) is 7.74. The molecule has 0 saturated heterocycles. The van der Waals surface area contributed by atoms with Gasteiger partial charge >= 0.3 is 0 Å². The molecule has 2 heteroatoms. The Kier molecular flexibility index (Phi) is 3.79. The number of benzene rings is 1. The van der Waals surface area contributed by atoms with Crippen LogP contribution in [0.5, 0.6) is 5.75 Å². The molecule has 0 bridgehead atoms. The van der Waals surface area contributed by atoms with Gasteiger partial charge in [0.15, 0.2) is 0 Å². The van der Waals surface area contributed by atoms with Crippen LogP contribution >= 0.6 is 0 Å². The molecule has 0 aliphatic heterocycles. The topological polar surface area (TPSA) is 32.3 Å². The first-order valence-electron chi connectivity index (χ1n) is 7.80. The van der Waals surface area contributed by atoms with E-state index in [1.807, 2.05) is 12.1 Å². The Morgan fingerprint density at radius 2 is 2.05 bits per heavy atom. The van der Waals surface area contributed by atoms with Gasteiger partial charge in [0.25, 0.3) is 0 Å². The van der Waals surface area contributed by atoms with E-state index in [1.54, 1.807) is 0 Å². The zero-order chi connectivity index (χ0) is 13.2. The van der Waals surface area contributed by atoms with Crippen LogP contribution in [0, 0.1) is 11.8 Å². The minimum absolute atomic E-state index is 0.455. The molecular formula is C17H25NO. The third-order valence-electron chi connectivity index (χ3n) is 5.16. The van der Waals surface area contributed by atoms with Gasteiger partial charge in [-0.15, -0.1) is 0 Å². The van der Waals surface area contributed by atoms with Crippen LogP contribution < -0.4 is 5.32 Å². The Balaban J connectivity index is 1.62. The second-order valence-corrected chi connectivity index (χ2v) is 6.37. The predicted molar refractivity (Wildman–Crippen MR) is 78.3 cm³/mol. The molecule has 1 fully saturated rings. The minimum Gasteiger partial charge on any atom is -0.508 e. The van der Waals surface area contributed by atoms with E-state index in [4.69, 9.17) is 0 Å². The molecule has 104 valence electrons. The van der Waals surface area contributed by atoms with Crippen molar-refractivity contribution in [3.63, 3.8) is 0 Å². The lowest BCUT2D eigenvalue weighted by Crippen LogP contribution is -2.31. The van der Waals surface area contributed by atoms with E-state index >= 15 is 0 Å². The highest BCUT2D eigenvalue weighted by atomic mass is 16.3. The molecular weight excluding hydrogens is 234 g/mol. The Morgan fingerprint density at radius 3 is 2.89 bits per heavy atom. The zero-order valence-electron chi connectivity index (χ0n) is 11.9. The molecule has 19 heavy (non-hydrogen) atoms. The Hall–Kier alpha value is -1.02. The van der Waals surface area contributed by atoms with Gasteiger partial charge in [0.1, 0.15) is 5.75 Å². The van der Waals surface area contributed by atoms with Crippen LogP contribution in [0.2, 0.25) is 0 Å². The van der Waals surface area contributed by atoms with E-state index in [-0.39, 0.29) is 0 Å². The second-order valence-electron chi connectivity index (χ2n) is 6.37. The average Bonchev–Trinajstić information content (AvgIpc) is 2.83. The number of fused-ring (bicyclic) bond motifs is 1. The molecule has 0 radical (unpaired) electrons.